The lowest BCUT2D eigenvalue weighted by molar-refractivity contribution is 0.200. The molecule has 100 valence electrons. The summed E-state index contributed by atoms with van der Waals surface area (Å²) in [7, 11) is 0. The number of likely N-dealkylation sites (tertiary alicyclic amines) is 1. The predicted octanol–water partition coefficient (Wildman–Crippen LogP) is 4.24. The predicted molar refractivity (Wildman–Crippen MR) is 82.9 cm³/mol. The molecule has 1 aliphatic heterocycles. The van der Waals surface area contributed by atoms with Crippen molar-refractivity contribution >= 4 is 11.8 Å². The zero-order chi connectivity index (χ0) is 12.8. The van der Waals surface area contributed by atoms with Crippen molar-refractivity contribution < 1.29 is 0 Å². The lowest BCUT2D eigenvalue weighted by atomic mass is 9.88. The largest absolute Gasteiger partial charge is 0.303 e. The van der Waals surface area contributed by atoms with Crippen LogP contribution < -0.4 is 0 Å². The average Bonchev–Trinajstić information content (AvgIpc) is 2.65. The van der Waals surface area contributed by atoms with Crippen LogP contribution in [0.15, 0.2) is 34.8 Å². The number of piperidine rings is 1. The van der Waals surface area contributed by atoms with Crippen LogP contribution in [0.1, 0.15) is 32.6 Å². The number of hydrogen-bond acceptors (Lipinski definition) is 2. The summed E-state index contributed by atoms with van der Waals surface area (Å²) in [5.41, 5.74) is 1.58. The van der Waals surface area contributed by atoms with Crippen molar-refractivity contribution in [2.75, 3.05) is 25.9 Å². The van der Waals surface area contributed by atoms with Gasteiger partial charge in [-0.3, -0.25) is 0 Å². The van der Waals surface area contributed by atoms with E-state index in [0.717, 1.165) is 12.3 Å². The van der Waals surface area contributed by atoms with Crippen LogP contribution in [0.5, 0.6) is 0 Å². The van der Waals surface area contributed by atoms with E-state index in [9.17, 15) is 0 Å². The van der Waals surface area contributed by atoms with Crippen LogP contribution in [0.25, 0.3) is 0 Å². The highest BCUT2D eigenvalue weighted by Crippen LogP contribution is 2.29. The Bertz CT molecular complexity index is 346. The molecule has 0 aromatic rings. The molecule has 2 heteroatoms. The van der Waals surface area contributed by atoms with E-state index in [-0.39, 0.29) is 0 Å². The minimum absolute atomic E-state index is 0.795. The summed E-state index contributed by atoms with van der Waals surface area (Å²) >= 11 is 1.87. The normalized spacial score (nSPS) is 22.6. The van der Waals surface area contributed by atoms with Crippen molar-refractivity contribution in [3.63, 3.8) is 0 Å². The molecule has 1 aliphatic carbocycles. The fraction of sp³-hybridized carbons (Fsp3) is 0.625. The van der Waals surface area contributed by atoms with E-state index in [1.54, 1.807) is 5.57 Å². The summed E-state index contributed by atoms with van der Waals surface area (Å²) in [4.78, 5) is 4.09. The van der Waals surface area contributed by atoms with Crippen LogP contribution in [-0.4, -0.2) is 30.8 Å². The van der Waals surface area contributed by atoms with Gasteiger partial charge in [0.2, 0.25) is 0 Å². The van der Waals surface area contributed by atoms with E-state index < -0.39 is 0 Å². The second-order valence-corrected chi connectivity index (χ2v) is 6.15. The Morgan fingerprint density at radius 1 is 1.33 bits per heavy atom. The number of thioether (sulfide) groups is 1. The van der Waals surface area contributed by atoms with Crippen molar-refractivity contribution in [3.8, 4) is 0 Å². The number of nitrogens with zero attached hydrogens (tertiary/aromatic N) is 1. The van der Waals surface area contributed by atoms with Crippen LogP contribution in [0.4, 0.5) is 0 Å². The SMILES string of the molecule is CCCN1CCC(C2=CCC(SC)=CC=C2)CC1. The van der Waals surface area contributed by atoms with Gasteiger partial charge in [-0.1, -0.05) is 31.2 Å². The van der Waals surface area contributed by atoms with Gasteiger partial charge in [-0.05, 0) is 68.0 Å². The molecule has 0 N–H and O–H groups in total. The molecule has 0 amide bonds. The van der Waals surface area contributed by atoms with Crippen LogP contribution >= 0.6 is 11.8 Å². The third-order valence-corrected chi connectivity index (χ3v) is 4.80. The van der Waals surface area contributed by atoms with E-state index in [1.165, 1.54) is 43.8 Å². The van der Waals surface area contributed by atoms with Gasteiger partial charge in [0.25, 0.3) is 0 Å². The first-order valence-electron chi connectivity index (χ1n) is 7.17. The van der Waals surface area contributed by atoms with Crippen molar-refractivity contribution in [2.24, 2.45) is 5.92 Å². The lowest BCUT2D eigenvalue weighted by Gasteiger charge is -2.32. The Labute approximate surface area is 116 Å². The topological polar surface area (TPSA) is 3.24 Å². The van der Waals surface area contributed by atoms with Gasteiger partial charge in [0.15, 0.2) is 0 Å². The molecular weight excluding hydrogens is 238 g/mol. The minimum atomic E-state index is 0.795. The van der Waals surface area contributed by atoms with Gasteiger partial charge in [-0.25, -0.2) is 0 Å². The van der Waals surface area contributed by atoms with E-state index in [1.807, 2.05) is 11.8 Å². The Morgan fingerprint density at radius 2 is 2.11 bits per heavy atom. The molecule has 0 aromatic carbocycles. The summed E-state index contributed by atoms with van der Waals surface area (Å²) in [6.45, 7) is 6.12. The van der Waals surface area contributed by atoms with E-state index >= 15 is 0 Å². The highest BCUT2D eigenvalue weighted by Gasteiger charge is 2.20. The quantitative estimate of drug-likeness (QED) is 0.746. The standard InChI is InChI=1S/C16H25NS/c1-3-11-17-12-9-15(10-13-17)14-5-4-6-16(18-2)8-7-14/h4-7,15H,3,8-13H2,1-2H3. The summed E-state index contributed by atoms with van der Waals surface area (Å²) in [5, 5.41) is 0. The van der Waals surface area contributed by atoms with Gasteiger partial charge in [0.1, 0.15) is 0 Å². The maximum absolute atomic E-state index is 2.61. The molecule has 2 rings (SSSR count). The second kappa shape index (κ2) is 7.20. The third kappa shape index (κ3) is 3.76. The second-order valence-electron chi connectivity index (χ2n) is 5.22. The molecule has 0 unspecified atom stereocenters. The molecule has 0 aromatic heterocycles. The summed E-state index contributed by atoms with van der Waals surface area (Å²) in [5.74, 6) is 0.795. The molecule has 0 bridgehead atoms. The Balaban J connectivity index is 1.89. The minimum Gasteiger partial charge on any atom is -0.303 e. The molecule has 1 nitrogen and oxygen atoms in total. The third-order valence-electron chi connectivity index (χ3n) is 3.97. The van der Waals surface area contributed by atoms with Crippen molar-refractivity contribution in [2.45, 2.75) is 32.6 Å². The summed E-state index contributed by atoms with van der Waals surface area (Å²) in [6, 6.07) is 0. The van der Waals surface area contributed by atoms with Gasteiger partial charge in [0.05, 0.1) is 0 Å². The van der Waals surface area contributed by atoms with Crippen LogP contribution in [0.2, 0.25) is 0 Å². The number of rotatable bonds is 4. The molecule has 1 fully saturated rings. The first-order valence-corrected chi connectivity index (χ1v) is 8.39. The molecule has 0 radical (unpaired) electrons. The highest BCUT2D eigenvalue weighted by atomic mass is 32.2. The van der Waals surface area contributed by atoms with Crippen LogP contribution in [-0.2, 0) is 0 Å². The van der Waals surface area contributed by atoms with E-state index in [2.05, 4.69) is 42.4 Å². The van der Waals surface area contributed by atoms with Crippen molar-refractivity contribution in [3.05, 3.63) is 34.8 Å². The van der Waals surface area contributed by atoms with Gasteiger partial charge >= 0.3 is 0 Å². The van der Waals surface area contributed by atoms with Crippen LogP contribution in [0.3, 0.4) is 0 Å². The smallest absolute Gasteiger partial charge is 0.00129 e. The van der Waals surface area contributed by atoms with Gasteiger partial charge in [0, 0.05) is 0 Å². The Hall–Kier alpha value is -0.470. The maximum atomic E-state index is 2.61. The molecule has 18 heavy (non-hydrogen) atoms. The summed E-state index contributed by atoms with van der Waals surface area (Å²) in [6.07, 6.45) is 16.5. The van der Waals surface area contributed by atoms with E-state index in [4.69, 9.17) is 0 Å². The highest BCUT2D eigenvalue weighted by molar-refractivity contribution is 8.02. The molecule has 1 heterocycles. The van der Waals surface area contributed by atoms with Crippen molar-refractivity contribution in [1.82, 2.24) is 4.90 Å². The fourth-order valence-corrected chi connectivity index (χ4v) is 3.35. The van der Waals surface area contributed by atoms with Gasteiger partial charge in [-0.2, -0.15) is 0 Å². The first kappa shape index (κ1) is 14.0. The number of allylic oxidation sites excluding steroid dienone is 6. The molecule has 2 aliphatic rings. The zero-order valence-corrected chi connectivity index (χ0v) is 12.5. The Morgan fingerprint density at radius 3 is 2.78 bits per heavy atom. The fourth-order valence-electron chi connectivity index (χ4n) is 2.88. The molecular formula is C16H25NS. The first-order chi connectivity index (χ1) is 8.83. The zero-order valence-electron chi connectivity index (χ0n) is 11.7. The van der Waals surface area contributed by atoms with E-state index in [0.29, 0.717) is 0 Å². The monoisotopic (exact) mass is 263 g/mol. The Kier molecular flexibility index (Phi) is 5.58. The van der Waals surface area contributed by atoms with Gasteiger partial charge in [-0.15, -0.1) is 11.8 Å². The average molecular weight is 263 g/mol. The molecule has 1 saturated heterocycles. The van der Waals surface area contributed by atoms with Crippen LogP contribution in [0, 0.1) is 5.92 Å². The summed E-state index contributed by atoms with van der Waals surface area (Å²) < 4.78 is 0. The lowest BCUT2D eigenvalue weighted by Crippen LogP contribution is -2.34. The molecule has 0 atom stereocenters. The maximum Gasteiger partial charge on any atom is -0.00129 e. The molecule has 0 spiro atoms. The molecule has 0 saturated carbocycles. The van der Waals surface area contributed by atoms with Crippen molar-refractivity contribution in [1.29, 1.82) is 0 Å². The number of hydrogen-bond donors (Lipinski definition) is 0. The van der Waals surface area contributed by atoms with Gasteiger partial charge < -0.3 is 4.90 Å².